The van der Waals surface area contributed by atoms with E-state index < -0.39 is 12.1 Å². The van der Waals surface area contributed by atoms with Gasteiger partial charge in [0.1, 0.15) is 11.8 Å². The lowest BCUT2D eigenvalue weighted by Crippen LogP contribution is -2.50. The van der Waals surface area contributed by atoms with Gasteiger partial charge >= 0.3 is 6.18 Å². The molecule has 15 heteroatoms. The summed E-state index contributed by atoms with van der Waals surface area (Å²) in [5.74, 6) is -0.818. The fourth-order valence-corrected chi connectivity index (χ4v) is 3.33. The van der Waals surface area contributed by atoms with E-state index in [1.165, 1.54) is 0 Å². The van der Waals surface area contributed by atoms with Gasteiger partial charge in [0.05, 0.1) is 27.4 Å². The molecule has 0 aliphatic rings. The Hall–Kier alpha value is -4.01. The smallest absolute Gasteiger partial charge is 0.430 e. The van der Waals surface area contributed by atoms with Crippen LogP contribution in [-0.4, -0.2) is 61.9 Å². The monoisotopic (exact) mass is 574 g/mol. The van der Waals surface area contributed by atoms with Crippen molar-refractivity contribution >= 4 is 23.6 Å². The van der Waals surface area contributed by atoms with E-state index in [1.807, 2.05) is 12.1 Å². The normalized spacial score (nSPS) is 10.8. The second kappa shape index (κ2) is 17.6. The highest BCUT2D eigenvalue weighted by Gasteiger charge is 2.28. The number of methoxy groups -OCH3 is 2. The highest BCUT2D eigenvalue weighted by atomic mass is 19.4. The average Bonchev–Trinajstić information content (AvgIpc) is 2.89. The van der Waals surface area contributed by atoms with Gasteiger partial charge in [-0.15, -0.1) is 0 Å². The van der Waals surface area contributed by atoms with Gasteiger partial charge in [-0.3, -0.25) is 4.79 Å². The van der Waals surface area contributed by atoms with E-state index in [0.717, 1.165) is 56.3 Å². The minimum absolute atomic E-state index is 0.0788. The standard InChI is InChI=1S/C23H36N6O4.C2HF3O2/c1-31-18-13-16(12-17-15-28-23(26)29-22(17)25)14-19(32-2)21(18)33-11-7-4-8-20(30)27-10-6-3-5-9-24;3-2(4,5)1(6)7/h13-15H,3-12,24H2,1-2H3,(H,27,30)(H4,25,26,28,29);(H,6,7). The first-order chi connectivity index (χ1) is 18.9. The first-order valence-corrected chi connectivity index (χ1v) is 12.5. The lowest BCUT2D eigenvalue weighted by molar-refractivity contribution is -0.368. The van der Waals surface area contributed by atoms with E-state index in [0.29, 0.717) is 42.5 Å². The lowest BCUT2D eigenvalue weighted by Gasteiger charge is -2.16. The number of hydrogen-bond donors (Lipinski definition) is 4. The van der Waals surface area contributed by atoms with E-state index >= 15 is 0 Å². The van der Waals surface area contributed by atoms with E-state index in [4.69, 9.17) is 35.6 Å². The summed E-state index contributed by atoms with van der Waals surface area (Å²) < 4.78 is 48.6. The Kier molecular flexibility index (Phi) is 14.9. The maximum atomic E-state index is 11.9. The predicted molar refractivity (Wildman–Crippen MR) is 138 cm³/mol. The number of amides is 1. The summed E-state index contributed by atoms with van der Waals surface area (Å²) in [6.07, 6.45) is 2.07. The molecule has 12 nitrogen and oxygen atoms in total. The van der Waals surface area contributed by atoms with Crippen molar-refractivity contribution in [3.63, 3.8) is 0 Å². The average molecular weight is 575 g/mol. The number of carboxylic acid groups (broad SMARTS) is 1. The Morgan fingerprint density at radius 2 is 1.68 bits per heavy atom. The number of nitrogen functional groups attached to an aromatic ring is 2. The van der Waals surface area contributed by atoms with Crippen LogP contribution in [0.15, 0.2) is 18.3 Å². The van der Waals surface area contributed by atoms with E-state index in [2.05, 4.69) is 21.0 Å². The zero-order chi connectivity index (χ0) is 30.1. The van der Waals surface area contributed by atoms with Crippen LogP contribution < -0.4 is 41.8 Å². The van der Waals surface area contributed by atoms with Crippen LogP contribution in [0.2, 0.25) is 0 Å². The first kappa shape index (κ1) is 34.0. The minimum atomic E-state index is -5.19. The van der Waals surface area contributed by atoms with Crippen LogP contribution in [0.3, 0.4) is 0 Å². The van der Waals surface area contributed by atoms with Crippen molar-refractivity contribution in [1.29, 1.82) is 0 Å². The zero-order valence-electron chi connectivity index (χ0n) is 22.6. The molecule has 40 heavy (non-hydrogen) atoms. The summed E-state index contributed by atoms with van der Waals surface area (Å²) in [6.45, 7) is 2.12. The number of nitrogens with two attached hydrogens (primary N) is 2. The second-order valence-corrected chi connectivity index (χ2v) is 8.50. The van der Waals surface area contributed by atoms with Crippen molar-refractivity contribution in [2.24, 2.45) is 0 Å². The molecule has 0 atom stereocenters. The topological polar surface area (TPSA) is 202 Å². The second-order valence-electron chi connectivity index (χ2n) is 8.50. The molecule has 0 spiro atoms. The number of nitrogens with one attached hydrogen (secondary N) is 1. The quantitative estimate of drug-likeness (QED) is 0.218. The maximum absolute atomic E-state index is 11.9. The molecule has 1 heterocycles. The van der Waals surface area contributed by atoms with Crippen molar-refractivity contribution in [3.05, 3.63) is 29.5 Å². The van der Waals surface area contributed by atoms with Gasteiger partial charge in [-0.2, -0.15) is 18.2 Å². The van der Waals surface area contributed by atoms with Gasteiger partial charge in [-0.05, 0) is 49.8 Å². The molecule has 1 aromatic carbocycles. The molecule has 0 saturated carbocycles. The highest BCUT2D eigenvalue weighted by Crippen LogP contribution is 2.39. The molecular formula is C25H37F3N6O6. The molecule has 0 bridgehead atoms. The number of carbonyl (C=O) groups is 2. The van der Waals surface area contributed by atoms with Gasteiger partial charge < -0.3 is 46.6 Å². The number of unbranched alkanes of at least 4 members (excludes halogenated alkanes) is 3. The summed E-state index contributed by atoms with van der Waals surface area (Å²) in [7, 11) is 3.15. The summed E-state index contributed by atoms with van der Waals surface area (Å²) in [5.41, 5.74) is 17.0. The maximum Gasteiger partial charge on any atom is 0.430 e. The molecule has 0 fully saturated rings. The summed E-state index contributed by atoms with van der Waals surface area (Å²) in [4.78, 5) is 28.7. The fourth-order valence-electron chi connectivity index (χ4n) is 3.33. The van der Waals surface area contributed by atoms with Crippen LogP contribution in [0, 0.1) is 0 Å². The van der Waals surface area contributed by atoms with Gasteiger partial charge in [0.15, 0.2) is 11.5 Å². The molecule has 2 aromatic rings. The number of benzene rings is 1. The number of ether oxygens (including phenoxy) is 3. The van der Waals surface area contributed by atoms with E-state index in [9.17, 15) is 18.0 Å². The van der Waals surface area contributed by atoms with E-state index in [-0.39, 0.29) is 11.9 Å². The SMILES string of the molecule is COc1cc(Cc2cnc(N)nc2N)cc(OC)c1OCCCCC(=O)NCCCCC[NH3+].O=C([O-])C(F)(F)F. The van der Waals surface area contributed by atoms with Crippen molar-refractivity contribution in [2.75, 3.05) is 45.4 Å². The molecule has 0 aliphatic heterocycles. The lowest BCUT2D eigenvalue weighted by atomic mass is 10.1. The third-order valence-corrected chi connectivity index (χ3v) is 5.36. The fraction of sp³-hybridized carbons (Fsp3) is 0.520. The number of carboxylic acids is 1. The van der Waals surface area contributed by atoms with Gasteiger partial charge in [0, 0.05) is 31.1 Å². The van der Waals surface area contributed by atoms with Crippen LogP contribution in [0.5, 0.6) is 17.2 Å². The number of aromatic nitrogens is 2. The number of rotatable bonds is 15. The van der Waals surface area contributed by atoms with Gasteiger partial charge in [0.25, 0.3) is 0 Å². The number of nitrogens with zero attached hydrogens (tertiary/aromatic N) is 2. The molecule has 2 rings (SSSR count). The largest absolute Gasteiger partial charge is 0.542 e. The van der Waals surface area contributed by atoms with Crippen LogP contribution in [0.25, 0.3) is 0 Å². The van der Waals surface area contributed by atoms with Gasteiger partial charge in [-0.1, -0.05) is 0 Å². The van der Waals surface area contributed by atoms with Crippen LogP contribution in [-0.2, 0) is 16.0 Å². The summed E-state index contributed by atoms with van der Waals surface area (Å²) >= 11 is 0. The van der Waals surface area contributed by atoms with Gasteiger partial charge in [0.2, 0.25) is 17.6 Å². The Bertz CT molecular complexity index is 1060. The van der Waals surface area contributed by atoms with Crippen molar-refractivity contribution in [3.8, 4) is 17.2 Å². The summed E-state index contributed by atoms with van der Waals surface area (Å²) in [5, 5.41) is 11.7. The number of alkyl halides is 3. The van der Waals surface area contributed by atoms with Crippen LogP contribution in [0.4, 0.5) is 24.9 Å². The number of halogens is 3. The minimum Gasteiger partial charge on any atom is -0.542 e. The Labute approximate surface area is 230 Å². The molecule has 0 unspecified atom stereocenters. The predicted octanol–water partition coefficient (Wildman–Crippen LogP) is 0.625. The number of quaternary nitrogens is 1. The Morgan fingerprint density at radius 3 is 2.20 bits per heavy atom. The highest BCUT2D eigenvalue weighted by molar-refractivity contribution is 5.75. The Balaban J connectivity index is 0.00000101. The third-order valence-electron chi connectivity index (χ3n) is 5.36. The molecule has 0 radical (unpaired) electrons. The molecule has 0 saturated heterocycles. The van der Waals surface area contributed by atoms with Crippen LogP contribution in [0.1, 0.15) is 49.7 Å². The Morgan fingerprint density at radius 1 is 1.05 bits per heavy atom. The van der Waals surface area contributed by atoms with Crippen molar-refractivity contribution in [1.82, 2.24) is 15.3 Å². The number of hydrogen-bond acceptors (Lipinski definition) is 10. The van der Waals surface area contributed by atoms with E-state index in [1.54, 1.807) is 20.4 Å². The first-order valence-electron chi connectivity index (χ1n) is 12.5. The zero-order valence-corrected chi connectivity index (χ0v) is 22.6. The number of aliphatic carboxylic acids is 1. The molecule has 1 aromatic heterocycles. The van der Waals surface area contributed by atoms with Crippen LogP contribution >= 0.6 is 0 Å². The molecular weight excluding hydrogens is 537 g/mol. The van der Waals surface area contributed by atoms with Crippen molar-refractivity contribution in [2.45, 2.75) is 51.1 Å². The molecule has 224 valence electrons. The number of anilines is 2. The number of carbonyl (C=O) groups excluding carboxylic acids is 2. The summed E-state index contributed by atoms with van der Waals surface area (Å²) in [6, 6.07) is 3.74. The van der Waals surface area contributed by atoms with Crippen molar-refractivity contribution < 1.29 is 47.8 Å². The molecule has 0 aliphatic carbocycles. The van der Waals surface area contributed by atoms with Gasteiger partial charge in [-0.25, -0.2) is 4.98 Å². The molecule has 8 N–H and O–H groups in total. The third kappa shape index (κ3) is 12.7. The molecule has 1 amide bonds.